The van der Waals surface area contributed by atoms with Crippen molar-refractivity contribution in [2.24, 2.45) is 0 Å². The minimum atomic E-state index is -0.922. The number of nitrogens with zero attached hydrogens (tertiary/aromatic N) is 1. The third-order valence-electron chi connectivity index (χ3n) is 2.99. The zero-order valence-corrected chi connectivity index (χ0v) is 11.2. The Bertz CT molecular complexity index is 271. The van der Waals surface area contributed by atoms with Crippen molar-refractivity contribution >= 4 is 5.91 Å². The summed E-state index contributed by atoms with van der Waals surface area (Å²) >= 11 is 0. The summed E-state index contributed by atoms with van der Waals surface area (Å²) in [5.74, 6) is -0.131. The lowest BCUT2D eigenvalue weighted by Crippen LogP contribution is -2.52. The molecule has 0 aliphatic carbocycles. The summed E-state index contributed by atoms with van der Waals surface area (Å²) in [6.07, 6.45) is 1.66. The van der Waals surface area contributed by atoms with Gasteiger partial charge in [0, 0.05) is 19.7 Å². The fourth-order valence-electron chi connectivity index (χ4n) is 2.15. The van der Waals surface area contributed by atoms with E-state index in [1.54, 1.807) is 13.8 Å². The van der Waals surface area contributed by atoms with Gasteiger partial charge in [-0.2, -0.15) is 0 Å². The van der Waals surface area contributed by atoms with E-state index in [1.165, 1.54) is 0 Å². The van der Waals surface area contributed by atoms with E-state index in [0.29, 0.717) is 13.2 Å². The van der Waals surface area contributed by atoms with Crippen molar-refractivity contribution in [1.29, 1.82) is 0 Å². The van der Waals surface area contributed by atoms with Gasteiger partial charge in [0.2, 0.25) is 0 Å². The molecule has 17 heavy (non-hydrogen) atoms. The van der Waals surface area contributed by atoms with Crippen molar-refractivity contribution < 1.29 is 14.6 Å². The Morgan fingerprint density at radius 1 is 1.59 bits per heavy atom. The van der Waals surface area contributed by atoms with E-state index >= 15 is 0 Å². The Kier molecular flexibility index (Phi) is 4.52. The van der Waals surface area contributed by atoms with Crippen LogP contribution >= 0.6 is 0 Å². The van der Waals surface area contributed by atoms with Crippen molar-refractivity contribution in [3.05, 3.63) is 0 Å². The Morgan fingerprint density at radius 2 is 2.24 bits per heavy atom. The van der Waals surface area contributed by atoms with Crippen molar-refractivity contribution in [3.8, 4) is 0 Å². The van der Waals surface area contributed by atoms with E-state index in [9.17, 15) is 9.90 Å². The van der Waals surface area contributed by atoms with Gasteiger partial charge in [0.15, 0.2) is 0 Å². The minimum absolute atomic E-state index is 0.131. The number of nitrogens with one attached hydrogen (secondary N) is 1. The van der Waals surface area contributed by atoms with Gasteiger partial charge in [0.25, 0.3) is 5.91 Å². The monoisotopic (exact) mass is 244 g/mol. The van der Waals surface area contributed by atoms with Crippen LogP contribution in [0.5, 0.6) is 0 Å². The van der Waals surface area contributed by atoms with Gasteiger partial charge in [-0.1, -0.05) is 0 Å². The predicted molar refractivity (Wildman–Crippen MR) is 65.8 cm³/mol. The van der Waals surface area contributed by atoms with Crippen molar-refractivity contribution in [3.63, 3.8) is 0 Å². The first-order chi connectivity index (χ1) is 7.75. The molecule has 1 fully saturated rings. The first kappa shape index (κ1) is 14.4. The number of hydrogen-bond acceptors (Lipinski definition) is 4. The van der Waals surface area contributed by atoms with Crippen LogP contribution in [0.15, 0.2) is 0 Å². The molecule has 5 nitrogen and oxygen atoms in total. The van der Waals surface area contributed by atoms with Gasteiger partial charge in [0.05, 0.1) is 5.60 Å². The van der Waals surface area contributed by atoms with Crippen LogP contribution in [0.2, 0.25) is 0 Å². The van der Waals surface area contributed by atoms with E-state index in [1.807, 2.05) is 19.0 Å². The van der Waals surface area contributed by atoms with Crippen LogP contribution in [0.25, 0.3) is 0 Å². The van der Waals surface area contributed by atoms with Crippen LogP contribution in [-0.4, -0.2) is 60.9 Å². The van der Waals surface area contributed by atoms with Gasteiger partial charge < -0.3 is 20.1 Å². The molecule has 1 heterocycles. The van der Waals surface area contributed by atoms with Crippen LogP contribution in [0.3, 0.4) is 0 Å². The number of amides is 1. The SMILES string of the molecule is CN(C)CC(C)(O)CNC(=O)C1(C)CCCO1. The highest BCUT2D eigenvalue weighted by atomic mass is 16.5. The molecule has 0 aromatic heterocycles. The lowest BCUT2D eigenvalue weighted by molar-refractivity contribution is -0.140. The molecule has 0 saturated carbocycles. The largest absolute Gasteiger partial charge is 0.387 e. The Hall–Kier alpha value is -0.650. The van der Waals surface area contributed by atoms with E-state index < -0.39 is 11.2 Å². The van der Waals surface area contributed by atoms with E-state index in [-0.39, 0.29) is 12.5 Å². The second kappa shape index (κ2) is 5.33. The second-order valence-corrected chi connectivity index (χ2v) is 5.60. The topological polar surface area (TPSA) is 61.8 Å². The number of carbonyl (C=O) groups excluding carboxylic acids is 1. The van der Waals surface area contributed by atoms with Gasteiger partial charge >= 0.3 is 0 Å². The molecule has 100 valence electrons. The highest BCUT2D eigenvalue weighted by molar-refractivity contribution is 5.85. The first-order valence-corrected chi connectivity index (χ1v) is 6.05. The number of likely N-dealkylation sites (N-methyl/N-ethyl adjacent to an activating group) is 1. The third kappa shape index (κ3) is 4.26. The van der Waals surface area contributed by atoms with Crippen molar-refractivity contribution in [2.45, 2.75) is 37.9 Å². The average molecular weight is 244 g/mol. The molecule has 1 aliphatic heterocycles. The molecular weight excluding hydrogens is 220 g/mol. The summed E-state index contributed by atoms with van der Waals surface area (Å²) in [6, 6.07) is 0. The number of carbonyl (C=O) groups is 1. The van der Waals surface area contributed by atoms with Gasteiger partial charge in [0.1, 0.15) is 5.60 Å². The number of hydrogen-bond donors (Lipinski definition) is 2. The van der Waals surface area contributed by atoms with Crippen LogP contribution < -0.4 is 5.32 Å². The van der Waals surface area contributed by atoms with Crippen LogP contribution in [0.1, 0.15) is 26.7 Å². The van der Waals surface area contributed by atoms with Crippen molar-refractivity contribution in [2.75, 3.05) is 33.8 Å². The summed E-state index contributed by atoms with van der Waals surface area (Å²) in [6.45, 7) is 4.90. The highest BCUT2D eigenvalue weighted by Gasteiger charge is 2.38. The standard InChI is InChI=1S/C12H24N2O3/c1-11(16,9-14(3)4)8-13-10(15)12(2)6-5-7-17-12/h16H,5-9H2,1-4H3,(H,13,15). The fourth-order valence-corrected chi connectivity index (χ4v) is 2.15. The highest BCUT2D eigenvalue weighted by Crippen LogP contribution is 2.25. The number of ether oxygens (including phenoxy) is 1. The summed E-state index contributed by atoms with van der Waals surface area (Å²) in [4.78, 5) is 13.8. The fraction of sp³-hybridized carbons (Fsp3) is 0.917. The molecule has 2 unspecified atom stereocenters. The molecule has 1 saturated heterocycles. The molecule has 1 rings (SSSR count). The molecule has 5 heteroatoms. The molecule has 2 atom stereocenters. The predicted octanol–water partition coefficient (Wildman–Crippen LogP) is -0.0157. The summed E-state index contributed by atoms with van der Waals surface area (Å²) in [5, 5.41) is 12.8. The van der Waals surface area contributed by atoms with Gasteiger partial charge in [-0.25, -0.2) is 0 Å². The summed E-state index contributed by atoms with van der Waals surface area (Å²) in [7, 11) is 3.77. The van der Waals surface area contributed by atoms with Gasteiger partial charge in [-0.05, 0) is 40.8 Å². The molecule has 0 radical (unpaired) electrons. The molecular formula is C12H24N2O3. The quantitative estimate of drug-likeness (QED) is 0.714. The Balaban J connectivity index is 2.42. The van der Waals surface area contributed by atoms with Crippen LogP contribution in [0, 0.1) is 0 Å². The molecule has 2 N–H and O–H groups in total. The Labute approximate surface area is 103 Å². The average Bonchev–Trinajstić information content (AvgIpc) is 2.61. The maximum absolute atomic E-state index is 11.9. The third-order valence-corrected chi connectivity index (χ3v) is 2.99. The molecule has 1 aliphatic rings. The maximum Gasteiger partial charge on any atom is 0.252 e. The summed E-state index contributed by atoms with van der Waals surface area (Å²) < 4.78 is 5.44. The minimum Gasteiger partial charge on any atom is -0.387 e. The number of rotatable bonds is 5. The normalized spacial score (nSPS) is 28.1. The molecule has 0 bridgehead atoms. The van der Waals surface area contributed by atoms with Crippen LogP contribution in [-0.2, 0) is 9.53 Å². The molecule has 0 aromatic carbocycles. The lowest BCUT2D eigenvalue weighted by atomic mass is 10.0. The molecule has 0 aromatic rings. The lowest BCUT2D eigenvalue weighted by Gasteiger charge is -2.29. The van der Waals surface area contributed by atoms with E-state index in [0.717, 1.165) is 12.8 Å². The smallest absolute Gasteiger partial charge is 0.252 e. The molecule has 1 amide bonds. The van der Waals surface area contributed by atoms with Crippen molar-refractivity contribution in [1.82, 2.24) is 10.2 Å². The Morgan fingerprint density at radius 3 is 2.71 bits per heavy atom. The second-order valence-electron chi connectivity index (χ2n) is 5.60. The first-order valence-electron chi connectivity index (χ1n) is 6.05. The van der Waals surface area contributed by atoms with E-state index in [2.05, 4.69) is 5.32 Å². The number of aliphatic hydroxyl groups is 1. The van der Waals surface area contributed by atoms with Crippen LogP contribution in [0.4, 0.5) is 0 Å². The van der Waals surface area contributed by atoms with Gasteiger partial charge in [-0.3, -0.25) is 4.79 Å². The molecule has 0 spiro atoms. The summed E-state index contributed by atoms with van der Waals surface area (Å²) in [5.41, 5.74) is -1.64. The van der Waals surface area contributed by atoms with Gasteiger partial charge in [-0.15, -0.1) is 0 Å². The van der Waals surface area contributed by atoms with E-state index in [4.69, 9.17) is 4.74 Å². The maximum atomic E-state index is 11.9. The zero-order chi connectivity index (χ0) is 13.1. The zero-order valence-electron chi connectivity index (χ0n) is 11.2.